The molecule has 0 radical (unpaired) electrons. The van der Waals surface area contributed by atoms with E-state index in [1.165, 1.54) is 12.2 Å². The van der Waals surface area contributed by atoms with Crippen LogP contribution in [0.25, 0.3) is 0 Å². The maximum absolute atomic E-state index is 11.1. The Morgan fingerprint density at radius 2 is 1.71 bits per heavy atom. The average molecular weight is 243 g/mol. The summed E-state index contributed by atoms with van der Waals surface area (Å²) in [6.45, 7) is 0.402. The first-order valence-corrected chi connectivity index (χ1v) is 5.02. The molecule has 0 aromatic carbocycles. The predicted molar refractivity (Wildman–Crippen MR) is 55.1 cm³/mol. The lowest BCUT2D eigenvalue weighted by molar-refractivity contribution is -0.143. The molecule has 1 aliphatic rings. The molecule has 0 aromatic rings. The summed E-state index contributed by atoms with van der Waals surface area (Å²) in [5.41, 5.74) is 0. The molecule has 1 heterocycles. The van der Waals surface area contributed by atoms with Crippen molar-refractivity contribution in [1.82, 2.24) is 4.90 Å². The van der Waals surface area contributed by atoms with Crippen LogP contribution >= 0.6 is 0 Å². The second kappa shape index (κ2) is 6.77. The van der Waals surface area contributed by atoms with Crippen molar-refractivity contribution in [1.29, 1.82) is 0 Å². The lowest BCUT2D eigenvalue weighted by atomic mass is 10.5. The van der Waals surface area contributed by atoms with E-state index in [2.05, 4.69) is 0 Å². The Morgan fingerprint density at radius 1 is 1.12 bits per heavy atom. The van der Waals surface area contributed by atoms with Gasteiger partial charge in [0.25, 0.3) is 11.8 Å². The summed E-state index contributed by atoms with van der Waals surface area (Å²) in [6.07, 6.45) is 2.41. The van der Waals surface area contributed by atoms with Gasteiger partial charge < -0.3 is 14.6 Å². The predicted octanol–water partition coefficient (Wildman–Crippen LogP) is -0.971. The second-order valence-electron chi connectivity index (χ2n) is 3.22. The molecule has 7 nitrogen and oxygen atoms in total. The standard InChI is InChI=1S/C10H13NO6/c12-8-1-2-9(13)11(8)3-4-16-5-6-17-7-10(14)15/h1-2H,3-7H2,(H,14,15). The number of nitrogens with zero attached hydrogens (tertiary/aromatic N) is 1. The fourth-order valence-electron chi connectivity index (χ4n) is 1.19. The molecule has 0 aromatic heterocycles. The van der Waals surface area contributed by atoms with Crippen molar-refractivity contribution in [2.24, 2.45) is 0 Å². The fourth-order valence-corrected chi connectivity index (χ4v) is 1.19. The van der Waals surface area contributed by atoms with Gasteiger partial charge in [0.15, 0.2) is 0 Å². The van der Waals surface area contributed by atoms with Crippen LogP contribution in [0.2, 0.25) is 0 Å². The molecule has 7 heteroatoms. The first kappa shape index (κ1) is 13.3. The molecular formula is C10H13NO6. The number of carboxylic acid groups (broad SMARTS) is 1. The molecular weight excluding hydrogens is 230 g/mol. The smallest absolute Gasteiger partial charge is 0.329 e. The number of carbonyl (C=O) groups is 3. The molecule has 1 N–H and O–H groups in total. The molecule has 2 amide bonds. The van der Waals surface area contributed by atoms with Crippen LogP contribution < -0.4 is 0 Å². The Morgan fingerprint density at radius 3 is 2.29 bits per heavy atom. The second-order valence-corrected chi connectivity index (χ2v) is 3.22. The van der Waals surface area contributed by atoms with Gasteiger partial charge in [-0.2, -0.15) is 0 Å². The summed E-state index contributed by atoms with van der Waals surface area (Å²) in [4.78, 5) is 33.3. The van der Waals surface area contributed by atoms with Crippen LogP contribution in [0, 0.1) is 0 Å². The van der Waals surface area contributed by atoms with Crippen molar-refractivity contribution in [3.63, 3.8) is 0 Å². The van der Waals surface area contributed by atoms with Crippen LogP contribution in [0.15, 0.2) is 12.2 Å². The number of rotatable bonds is 8. The third-order valence-electron chi connectivity index (χ3n) is 1.96. The van der Waals surface area contributed by atoms with Gasteiger partial charge in [-0.15, -0.1) is 0 Å². The molecule has 0 aliphatic carbocycles. The Balaban J connectivity index is 1.99. The third-order valence-corrected chi connectivity index (χ3v) is 1.96. The summed E-state index contributed by atoms with van der Waals surface area (Å²) in [5, 5.41) is 8.26. The first-order chi connectivity index (χ1) is 8.11. The van der Waals surface area contributed by atoms with Gasteiger partial charge in [0.1, 0.15) is 6.61 Å². The van der Waals surface area contributed by atoms with Gasteiger partial charge in [-0.05, 0) is 0 Å². The van der Waals surface area contributed by atoms with Crippen molar-refractivity contribution in [3.8, 4) is 0 Å². The van der Waals surface area contributed by atoms with Crippen LogP contribution in [-0.2, 0) is 23.9 Å². The minimum Gasteiger partial charge on any atom is -0.480 e. The van der Waals surface area contributed by atoms with Crippen LogP contribution in [0.3, 0.4) is 0 Å². The normalized spacial score (nSPS) is 14.7. The van der Waals surface area contributed by atoms with Gasteiger partial charge in [-0.25, -0.2) is 4.79 Å². The quantitative estimate of drug-likeness (QED) is 0.435. The van der Waals surface area contributed by atoms with Crippen molar-refractivity contribution in [3.05, 3.63) is 12.2 Å². The van der Waals surface area contributed by atoms with Gasteiger partial charge in [-0.3, -0.25) is 14.5 Å². The lowest BCUT2D eigenvalue weighted by Gasteiger charge is -2.13. The highest BCUT2D eigenvalue weighted by atomic mass is 16.5. The molecule has 0 saturated heterocycles. The molecule has 17 heavy (non-hydrogen) atoms. The molecule has 0 atom stereocenters. The molecule has 0 spiro atoms. The van der Waals surface area contributed by atoms with E-state index in [-0.39, 0.29) is 44.8 Å². The van der Waals surface area contributed by atoms with E-state index in [1.54, 1.807) is 0 Å². The SMILES string of the molecule is O=C(O)COCCOCCN1C(=O)C=CC1=O. The van der Waals surface area contributed by atoms with Crippen molar-refractivity contribution >= 4 is 17.8 Å². The van der Waals surface area contributed by atoms with Crippen LogP contribution in [0.1, 0.15) is 0 Å². The van der Waals surface area contributed by atoms with Crippen LogP contribution in [0.4, 0.5) is 0 Å². The van der Waals surface area contributed by atoms with Crippen LogP contribution in [-0.4, -0.2) is 60.8 Å². The number of ether oxygens (including phenoxy) is 2. The lowest BCUT2D eigenvalue weighted by Crippen LogP contribution is -2.33. The average Bonchev–Trinajstić information content (AvgIpc) is 2.58. The van der Waals surface area contributed by atoms with Crippen LogP contribution in [0.5, 0.6) is 0 Å². The molecule has 94 valence electrons. The largest absolute Gasteiger partial charge is 0.480 e. The first-order valence-electron chi connectivity index (χ1n) is 5.02. The highest BCUT2D eigenvalue weighted by Crippen LogP contribution is 2.02. The highest BCUT2D eigenvalue weighted by molar-refractivity contribution is 6.12. The van der Waals surface area contributed by atoms with Crippen molar-refractivity contribution in [2.75, 3.05) is 33.0 Å². The van der Waals surface area contributed by atoms with Gasteiger partial charge in [0, 0.05) is 12.2 Å². The van der Waals surface area contributed by atoms with E-state index in [0.29, 0.717) is 0 Å². The summed E-state index contributed by atoms with van der Waals surface area (Å²) in [6, 6.07) is 0. The molecule has 0 fully saturated rings. The van der Waals surface area contributed by atoms with E-state index in [9.17, 15) is 14.4 Å². The van der Waals surface area contributed by atoms with Crippen molar-refractivity contribution < 1.29 is 29.0 Å². The molecule has 1 rings (SSSR count). The zero-order valence-electron chi connectivity index (χ0n) is 9.13. The monoisotopic (exact) mass is 243 g/mol. The van der Waals surface area contributed by atoms with E-state index in [1.807, 2.05) is 0 Å². The van der Waals surface area contributed by atoms with E-state index in [0.717, 1.165) is 4.90 Å². The Labute approximate surface area is 97.6 Å². The number of carbonyl (C=O) groups excluding carboxylic acids is 2. The topological polar surface area (TPSA) is 93.1 Å². The van der Waals surface area contributed by atoms with Crippen molar-refractivity contribution in [2.45, 2.75) is 0 Å². The zero-order chi connectivity index (χ0) is 12.7. The minimum absolute atomic E-state index is 0.159. The summed E-state index contributed by atoms with van der Waals surface area (Å²) in [5.74, 6) is -1.73. The Kier molecular flexibility index (Phi) is 5.31. The number of imide groups is 1. The number of aliphatic carboxylic acids is 1. The fraction of sp³-hybridized carbons (Fsp3) is 0.500. The molecule has 1 aliphatic heterocycles. The summed E-state index contributed by atoms with van der Waals surface area (Å²) < 4.78 is 9.81. The summed E-state index contributed by atoms with van der Waals surface area (Å²) >= 11 is 0. The maximum Gasteiger partial charge on any atom is 0.329 e. The van der Waals surface area contributed by atoms with Gasteiger partial charge in [0.05, 0.1) is 26.4 Å². The van der Waals surface area contributed by atoms with Gasteiger partial charge >= 0.3 is 5.97 Å². The van der Waals surface area contributed by atoms with E-state index < -0.39 is 5.97 Å². The number of hydrogen-bond acceptors (Lipinski definition) is 5. The van der Waals surface area contributed by atoms with E-state index in [4.69, 9.17) is 14.6 Å². The van der Waals surface area contributed by atoms with Gasteiger partial charge in [-0.1, -0.05) is 0 Å². The number of amides is 2. The van der Waals surface area contributed by atoms with E-state index >= 15 is 0 Å². The zero-order valence-corrected chi connectivity index (χ0v) is 9.13. The highest BCUT2D eigenvalue weighted by Gasteiger charge is 2.22. The molecule has 0 saturated carbocycles. The molecule has 0 unspecified atom stereocenters. The molecule has 0 bridgehead atoms. The maximum atomic E-state index is 11.1. The Hall–Kier alpha value is -1.73. The number of hydrogen-bond donors (Lipinski definition) is 1. The number of carboxylic acids is 1. The summed E-state index contributed by atoms with van der Waals surface area (Å²) in [7, 11) is 0. The Bertz CT molecular complexity index is 320. The van der Waals surface area contributed by atoms with Gasteiger partial charge in [0.2, 0.25) is 0 Å². The minimum atomic E-state index is -1.04. The third kappa shape index (κ3) is 4.75.